The van der Waals surface area contributed by atoms with Crippen LogP contribution in [0.5, 0.6) is 0 Å². The van der Waals surface area contributed by atoms with Crippen LogP contribution in [-0.4, -0.2) is 9.85 Å². The number of nitro benzene ring substituents is 2. The lowest BCUT2D eigenvalue weighted by atomic mass is 10.2. The van der Waals surface area contributed by atoms with Crippen molar-refractivity contribution in [2.45, 2.75) is 11.5 Å². The molecule has 0 aliphatic rings. The Kier molecular flexibility index (Phi) is 6.39. The fraction of sp³-hybridized carbons (Fsp3) is 0.143. The van der Waals surface area contributed by atoms with E-state index < -0.39 is 9.85 Å². The van der Waals surface area contributed by atoms with E-state index >= 15 is 0 Å². The zero-order valence-electron chi connectivity index (χ0n) is 11.8. The molecule has 0 saturated heterocycles. The third kappa shape index (κ3) is 4.95. The van der Waals surface area contributed by atoms with Gasteiger partial charge in [0.1, 0.15) is 0 Å². The fourth-order valence-electron chi connectivity index (χ4n) is 1.83. The van der Waals surface area contributed by atoms with Gasteiger partial charge in [-0.05, 0) is 0 Å². The number of nitro groups is 2. The van der Waals surface area contributed by atoms with Crippen molar-refractivity contribution in [1.82, 2.24) is 0 Å². The van der Waals surface area contributed by atoms with Crippen molar-refractivity contribution in [3.8, 4) is 0 Å². The molecule has 0 bridgehead atoms. The number of hydrogen-bond donors (Lipinski definition) is 0. The van der Waals surface area contributed by atoms with Gasteiger partial charge in [0, 0.05) is 47.3 Å². The van der Waals surface area contributed by atoms with Crippen LogP contribution in [0.1, 0.15) is 11.1 Å². The molecule has 0 spiro atoms. The smallest absolute Gasteiger partial charge is 0.258 e. The zero-order valence-corrected chi connectivity index (χ0v) is 13.4. The van der Waals surface area contributed by atoms with Gasteiger partial charge >= 0.3 is 0 Å². The second-order valence-corrected chi connectivity index (χ2v) is 5.96. The quantitative estimate of drug-likeness (QED) is 0.298. The van der Waals surface area contributed by atoms with Gasteiger partial charge in [-0.15, -0.1) is 0 Å². The van der Waals surface area contributed by atoms with Gasteiger partial charge in [-0.2, -0.15) is 0 Å². The average Bonchev–Trinajstić information content (AvgIpc) is 2.55. The van der Waals surface area contributed by atoms with Gasteiger partial charge in [0.2, 0.25) is 0 Å². The lowest BCUT2D eigenvalue weighted by molar-refractivity contribution is -0.385. The Morgan fingerprint density at radius 3 is 1.57 bits per heavy atom. The van der Waals surface area contributed by atoms with Gasteiger partial charge in [0.05, 0.1) is 21.4 Å². The minimum absolute atomic E-state index is 0.0484. The van der Waals surface area contributed by atoms with Gasteiger partial charge in [0.15, 0.2) is 0 Å². The summed E-state index contributed by atoms with van der Waals surface area (Å²) in [6, 6.07) is 12.9. The molecule has 2 aromatic rings. The topological polar surface area (TPSA) is 95.5 Å². The van der Waals surface area contributed by atoms with Crippen molar-refractivity contribution in [3.05, 3.63) is 79.9 Å². The van der Waals surface area contributed by atoms with E-state index in [-0.39, 0.29) is 11.4 Å². The van der Waals surface area contributed by atoms with E-state index in [0.29, 0.717) is 22.6 Å². The first-order chi connectivity index (χ1) is 11.1. The molecule has 23 heavy (non-hydrogen) atoms. The standard InChI is InChI=1S/C14H12N2O5S2/c17-15(18)13-7-3-1-5-11(13)9-22-21-23-10-12-6-2-4-8-14(12)16(19)20/h1-8H,9-10H2. The number of para-hydroxylation sites is 2. The molecule has 0 amide bonds. The van der Waals surface area contributed by atoms with Crippen molar-refractivity contribution in [2.75, 3.05) is 0 Å². The summed E-state index contributed by atoms with van der Waals surface area (Å²) in [4.78, 5) is 20.9. The van der Waals surface area contributed by atoms with E-state index in [0.717, 1.165) is 24.1 Å². The lowest BCUT2D eigenvalue weighted by Gasteiger charge is -2.04. The molecule has 0 heterocycles. The van der Waals surface area contributed by atoms with Crippen molar-refractivity contribution in [3.63, 3.8) is 0 Å². The second-order valence-electron chi connectivity index (χ2n) is 4.36. The summed E-state index contributed by atoms with van der Waals surface area (Å²) in [7, 11) is 0. The van der Waals surface area contributed by atoms with Crippen LogP contribution >= 0.6 is 24.1 Å². The summed E-state index contributed by atoms with van der Waals surface area (Å²) in [6.45, 7) is 0. The molecule has 120 valence electrons. The molecule has 0 saturated carbocycles. The van der Waals surface area contributed by atoms with Crippen LogP contribution in [0.2, 0.25) is 0 Å². The summed E-state index contributed by atoms with van der Waals surface area (Å²) in [5, 5.41) is 21.8. The van der Waals surface area contributed by atoms with E-state index in [1.54, 1.807) is 36.4 Å². The molecule has 0 unspecified atom stereocenters. The van der Waals surface area contributed by atoms with Crippen LogP contribution < -0.4 is 0 Å². The molecule has 2 aromatic carbocycles. The Morgan fingerprint density at radius 2 is 1.17 bits per heavy atom. The minimum atomic E-state index is -0.434. The molecule has 0 radical (unpaired) electrons. The van der Waals surface area contributed by atoms with E-state index in [9.17, 15) is 20.2 Å². The molecule has 0 aliphatic carbocycles. The second kappa shape index (κ2) is 8.51. The molecule has 9 heteroatoms. The number of nitrogens with zero attached hydrogens (tertiary/aromatic N) is 2. The molecular formula is C14H12N2O5S2. The Labute approximate surface area is 140 Å². The summed E-state index contributed by atoms with van der Waals surface area (Å²) in [5.74, 6) is 0.641. The van der Waals surface area contributed by atoms with E-state index in [1.165, 1.54) is 12.1 Å². The Morgan fingerprint density at radius 1 is 0.783 bits per heavy atom. The zero-order chi connectivity index (χ0) is 16.7. The number of benzene rings is 2. The molecular weight excluding hydrogens is 340 g/mol. The highest BCUT2D eigenvalue weighted by molar-refractivity contribution is 8.07. The van der Waals surface area contributed by atoms with Crippen molar-refractivity contribution in [2.24, 2.45) is 0 Å². The summed E-state index contributed by atoms with van der Waals surface area (Å²) in [6.07, 6.45) is 0. The first-order valence-electron chi connectivity index (χ1n) is 6.45. The Bertz CT molecular complexity index is 652. The molecule has 0 fully saturated rings. The Balaban J connectivity index is 1.83. The summed E-state index contributed by atoms with van der Waals surface area (Å²) >= 11 is 2.12. The maximum Gasteiger partial charge on any atom is 0.273 e. The van der Waals surface area contributed by atoms with Gasteiger partial charge in [0.25, 0.3) is 11.4 Å². The highest BCUT2D eigenvalue weighted by Gasteiger charge is 2.14. The van der Waals surface area contributed by atoms with Gasteiger partial charge < -0.3 is 0 Å². The number of rotatable bonds is 8. The van der Waals surface area contributed by atoms with E-state index in [1.807, 2.05) is 0 Å². The fourth-order valence-corrected chi connectivity index (χ4v) is 3.23. The highest BCUT2D eigenvalue weighted by Crippen LogP contribution is 2.29. The minimum Gasteiger partial charge on any atom is -0.258 e. The Hall–Kier alpha value is -2.10. The molecule has 0 atom stereocenters. The maximum atomic E-state index is 10.9. The monoisotopic (exact) mass is 352 g/mol. The SMILES string of the molecule is O=[N+]([O-])c1ccccc1CSOSCc1ccccc1[N+](=O)[O-]. The van der Waals surface area contributed by atoms with Crippen molar-refractivity contribution in [1.29, 1.82) is 0 Å². The third-order valence-corrected chi connectivity index (χ3v) is 4.53. The van der Waals surface area contributed by atoms with Crippen LogP contribution in [-0.2, 0) is 15.1 Å². The van der Waals surface area contributed by atoms with Crippen molar-refractivity contribution >= 4 is 35.5 Å². The average molecular weight is 352 g/mol. The number of hydrogen-bond acceptors (Lipinski definition) is 7. The predicted molar refractivity (Wildman–Crippen MR) is 89.9 cm³/mol. The molecule has 0 N–H and O–H groups in total. The summed E-state index contributed by atoms with van der Waals surface area (Å²) in [5.41, 5.74) is 1.22. The van der Waals surface area contributed by atoms with Crippen LogP contribution in [0.25, 0.3) is 0 Å². The van der Waals surface area contributed by atoms with Crippen molar-refractivity contribution < 1.29 is 13.5 Å². The molecule has 7 nitrogen and oxygen atoms in total. The molecule has 2 rings (SSSR count). The first-order valence-corrected chi connectivity index (χ1v) is 8.27. The van der Waals surface area contributed by atoms with Crippen LogP contribution in [0, 0.1) is 20.2 Å². The maximum absolute atomic E-state index is 10.9. The first kappa shape index (κ1) is 17.3. The summed E-state index contributed by atoms with van der Waals surface area (Å²) < 4.78 is 5.30. The largest absolute Gasteiger partial charge is 0.273 e. The lowest BCUT2D eigenvalue weighted by Crippen LogP contribution is -1.94. The van der Waals surface area contributed by atoms with Gasteiger partial charge in [-0.3, -0.25) is 20.2 Å². The van der Waals surface area contributed by atoms with Crippen LogP contribution in [0.3, 0.4) is 0 Å². The molecule has 0 aliphatic heterocycles. The molecule has 0 aromatic heterocycles. The normalized spacial score (nSPS) is 10.4. The van der Waals surface area contributed by atoms with Crippen LogP contribution in [0.15, 0.2) is 48.5 Å². The predicted octanol–water partition coefficient (Wildman–Crippen LogP) is 4.52. The van der Waals surface area contributed by atoms with Gasteiger partial charge in [-0.25, -0.2) is 3.63 Å². The van der Waals surface area contributed by atoms with Gasteiger partial charge in [-0.1, -0.05) is 36.4 Å². The highest BCUT2D eigenvalue weighted by atomic mass is 32.2. The third-order valence-electron chi connectivity index (χ3n) is 2.90. The van der Waals surface area contributed by atoms with E-state index in [2.05, 4.69) is 0 Å². The van der Waals surface area contributed by atoms with E-state index in [4.69, 9.17) is 3.63 Å². The van der Waals surface area contributed by atoms with Crippen LogP contribution in [0.4, 0.5) is 11.4 Å².